The van der Waals surface area contributed by atoms with Crippen LogP contribution < -0.4 is 0 Å². The number of aryl methyl sites for hydroxylation is 1. The molecule has 0 aromatic carbocycles. The van der Waals surface area contributed by atoms with Crippen molar-refractivity contribution in [2.45, 2.75) is 51.7 Å². The third-order valence-electron chi connectivity index (χ3n) is 4.70. The third-order valence-corrected chi connectivity index (χ3v) is 5.52. The van der Waals surface area contributed by atoms with Crippen LogP contribution >= 0.6 is 11.3 Å². The number of rotatable bonds is 5. The van der Waals surface area contributed by atoms with Gasteiger partial charge in [-0.2, -0.15) is 0 Å². The fourth-order valence-corrected chi connectivity index (χ4v) is 4.01. The molecule has 128 valence electrons. The van der Waals surface area contributed by atoms with Gasteiger partial charge in [-0.05, 0) is 32.6 Å². The molecule has 1 aromatic rings. The quantitative estimate of drug-likeness (QED) is 0.828. The molecular formula is C17H27N3O2S. The molecule has 2 saturated heterocycles. The average molecular weight is 337 g/mol. The lowest BCUT2D eigenvalue weighted by Gasteiger charge is -2.22. The number of carbonyl (C=O) groups excluding carboxylic acids is 1. The maximum Gasteiger partial charge on any atom is 0.222 e. The zero-order valence-corrected chi connectivity index (χ0v) is 14.8. The predicted molar refractivity (Wildman–Crippen MR) is 91.5 cm³/mol. The molecule has 3 rings (SSSR count). The lowest BCUT2D eigenvalue weighted by molar-refractivity contribution is -0.131. The smallest absolute Gasteiger partial charge is 0.222 e. The van der Waals surface area contributed by atoms with E-state index >= 15 is 0 Å². The SMILES string of the molecule is Cc1nc(CN2CCCN(C(=O)CC[C@H]3CCCO3)CC2)cs1. The molecule has 0 aliphatic carbocycles. The standard InChI is InChI=1S/C17H27N3O2S/c1-14-18-15(13-23-14)12-19-7-3-8-20(10-9-19)17(21)6-5-16-4-2-11-22-16/h13,16H,2-12H2,1H3/t16-/m1/s1. The summed E-state index contributed by atoms with van der Waals surface area (Å²) in [6.45, 7) is 7.54. The Bertz CT molecular complexity index is 514. The Morgan fingerprint density at radius 1 is 1.35 bits per heavy atom. The Balaban J connectivity index is 1.42. The van der Waals surface area contributed by atoms with Crippen molar-refractivity contribution in [2.75, 3.05) is 32.8 Å². The van der Waals surface area contributed by atoms with Crippen LogP contribution in [0.25, 0.3) is 0 Å². The first-order valence-electron chi connectivity index (χ1n) is 8.73. The molecule has 0 radical (unpaired) electrons. The zero-order valence-electron chi connectivity index (χ0n) is 14.0. The molecular weight excluding hydrogens is 310 g/mol. The van der Waals surface area contributed by atoms with Gasteiger partial charge in [0, 0.05) is 51.1 Å². The van der Waals surface area contributed by atoms with E-state index in [4.69, 9.17) is 4.74 Å². The van der Waals surface area contributed by atoms with Crippen molar-refractivity contribution >= 4 is 17.2 Å². The van der Waals surface area contributed by atoms with Crippen molar-refractivity contribution in [1.82, 2.24) is 14.8 Å². The molecule has 23 heavy (non-hydrogen) atoms. The summed E-state index contributed by atoms with van der Waals surface area (Å²) < 4.78 is 5.62. The summed E-state index contributed by atoms with van der Waals surface area (Å²) in [5.74, 6) is 0.298. The van der Waals surface area contributed by atoms with Crippen LogP contribution in [-0.2, 0) is 16.1 Å². The largest absolute Gasteiger partial charge is 0.378 e. The first-order chi connectivity index (χ1) is 11.2. The minimum absolute atomic E-state index is 0.298. The van der Waals surface area contributed by atoms with E-state index in [0.29, 0.717) is 18.4 Å². The molecule has 0 unspecified atom stereocenters. The molecule has 2 fully saturated rings. The first kappa shape index (κ1) is 16.9. The minimum Gasteiger partial charge on any atom is -0.378 e. The maximum atomic E-state index is 12.4. The Morgan fingerprint density at radius 3 is 3.00 bits per heavy atom. The highest BCUT2D eigenvalue weighted by Gasteiger charge is 2.22. The summed E-state index contributed by atoms with van der Waals surface area (Å²) >= 11 is 1.71. The summed E-state index contributed by atoms with van der Waals surface area (Å²) in [7, 11) is 0. The Hall–Kier alpha value is -0.980. The molecule has 6 heteroatoms. The molecule has 2 aliphatic heterocycles. The highest BCUT2D eigenvalue weighted by Crippen LogP contribution is 2.18. The molecule has 0 N–H and O–H groups in total. The molecule has 1 amide bonds. The van der Waals surface area contributed by atoms with Crippen molar-refractivity contribution in [2.24, 2.45) is 0 Å². The third kappa shape index (κ3) is 4.99. The number of ether oxygens (including phenoxy) is 1. The zero-order chi connectivity index (χ0) is 16.1. The normalized spacial score (nSPS) is 23.2. The van der Waals surface area contributed by atoms with Gasteiger partial charge in [0.25, 0.3) is 0 Å². The summed E-state index contributed by atoms with van der Waals surface area (Å²) in [5.41, 5.74) is 1.16. The van der Waals surface area contributed by atoms with Gasteiger partial charge in [-0.15, -0.1) is 11.3 Å². The van der Waals surface area contributed by atoms with Gasteiger partial charge in [-0.25, -0.2) is 4.98 Å². The molecule has 0 bridgehead atoms. The van der Waals surface area contributed by atoms with E-state index < -0.39 is 0 Å². The number of aromatic nitrogens is 1. The van der Waals surface area contributed by atoms with E-state index in [2.05, 4.69) is 15.3 Å². The van der Waals surface area contributed by atoms with Crippen molar-refractivity contribution in [1.29, 1.82) is 0 Å². The second kappa shape index (κ2) is 8.22. The monoisotopic (exact) mass is 337 g/mol. The van der Waals surface area contributed by atoms with Crippen LogP contribution in [0, 0.1) is 6.92 Å². The van der Waals surface area contributed by atoms with Crippen LogP contribution in [0.2, 0.25) is 0 Å². The van der Waals surface area contributed by atoms with Gasteiger partial charge < -0.3 is 9.64 Å². The van der Waals surface area contributed by atoms with Gasteiger partial charge in [0.1, 0.15) is 0 Å². The van der Waals surface area contributed by atoms with Gasteiger partial charge in [-0.3, -0.25) is 9.69 Å². The summed E-state index contributed by atoms with van der Waals surface area (Å²) in [6.07, 6.45) is 5.15. The lowest BCUT2D eigenvalue weighted by Crippen LogP contribution is -2.35. The number of nitrogens with zero attached hydrogens (tertiary/aromatic N) is 3. The van der Waals surface area contributed by atoms with E-state index in [1.165, 1.54) is 0 Å². The van der Waals surface area contributed by atoms with Crippen LogP contribution in [0.3, 0.4) is 0 Å². The number of hydrogen-bond donors (Lipinski definition) is 0. The summed E-state index contributed by atoms with van der Waals surface area (Å²) in [5, 5.41) is 3.27. The van der Waals surface area contributed by atoms with E-state index in [9.17, 15) is 4.79 Å². The predicted octanol–water partition coefficient (Wildman–Crippen LogP) is 2.45. The van der Waals surface area contributed by atoms with Crippen LogP contribution in [0.15, 0.2) is 5.38 Å². The van der Waals surface area contributed by atoms with Crippen molar-refractivity contribution in [3.63, 3.8) is 0 Å². The molecule has 0 spiro atoms. The number of amides is 1. The second-order valence-corrected chi connectivity index (χ2v) is 7.60. The number of thiazole rings is 1. The Kier molecular flexibility index (Phi) is 6.02. The molecule has 1 aromatic heterocycles. The van der Waals surface area contributed by atoms with Gasteiger partial charge in [0.2, 0.25) is 5.91 Å². The summed E-state index contributed by atoms with van der Waals surface area (Å²) in [6, 6.07) is 0. The van der Waals surface area contributed by atoms with Crippen molar-refractivity contribution < 1.29 is 9.53 Å². The first-order valence-corrected chi connectivity index (χ1v) is 9.61. The van der Waals surface area contributed by atoms with Crippen LogP contribution in [0.1, 0.15) is 42.8 Å². The van der Waals surface area contributed by atoms with Gasteiger partial charge in [0.15, 0.2) is 0 Å². The topological polar surface area (TPSA) is 45.7 Å². The van der Waals surface area contributed by atoms with E-state index in [0.717, 1.165) is 75.7 Å². The van der Waals surface area contributed by atoms with Gasteiger partial charge in [0.05, 0.1) is 16.8 Å². The molecule has 0 saturated carbocycles. The van der Waals surface area contributed by atoms with Gasteiger partial charge in [-0.1, -0.05) is 0 Å². The average Bonchev–Trinajstić information content (AvgIpc) is 3.13. The fourth-order valence-electron chi connectivity index (χ4n) is 3.40. The number of carbonyl (C=O) groups is 1. The highest BCUT2D eigenvalue weighted by molar-refractivity contribution is 7.09. The van der Waals surface area contributed by atoms with Crippen molar-refractivity contribution in [3.8, 4) is 0 Å². The Labute approximate surface area is 142 Å². The van der Waals surface area contributed by atoms with Crippen LogP contribution in [0.4, 0.5) is 0 Å². The molecule has 3 heterocycles. The molecule has 2 aliphatic rings. The lowest BCUT2D eigenvalue weighted by atomic mass is 10.1. The highest BCUT2D eigenvalue weighted by atomic mass is 32.1. The van der Waals surface area contributed by atoms with Crippen LogP contribution in [-0.4, -0.2) is 59.6 Å². The van der Waals surface area contributed by atoms with E-state index in [-0.39, 0.29) is 0 Å². The number of hydrogen-bond acceptors (Lipinski definition) is 5. The molecule has 5 nitrogen and oxygen atoms in total. The minimum atomic E-state index is 0.298. The van der Waals surface area contributed by atoms with Crippen molar-refractivity contribution in [3.05, 3.63) is 16.1 Å². The van der Waals surface area contributed by atoms with Crippen LogP contribution in [0.5, 0.6) is 0 Å². The maximum absolute atomic E-state index is 12.4. The van der Waals surface area contributed by atoms with E-state index in [1.54, 1.807) is 11.3 Å². The fraction of sp³-hybridized carbons (Fsp3) is 0.765. The molecule has 1 atom stereocenters. The Morgan fingerprint density at radius 2 is 2.26 bits per heavy atom. The van der Waals surface area contributed by atoms with Gasteiger partial charge >= 0.3 is 0 Å². The summed E-state index contributed by atoms with van der Waals surface area (Å²) in [4.78, 5) is 21.4. The second-order valence-electron chi connectivity index (χ2n) is 6.54. The van der Waals surface area contributed by atoms with E-state index in [1.807, 2.05) is 11.8 Å².